The van der Waals surface area contributed by atoms with Gasteiger partial charge in [0.2, 0.25) is 0 Å². The van der Waals surface area contributed by atoms with Crippen LogP contribution in [0, 0.1) is 0 Å². The van der Waals surface area contributed by atoms with E-state index in [1.54, 1.807) is 0 Å². The van der Waals surface area contributed by atoms with Crippen LogP contribution in [0.5, 0.6) is 0 Å². The molecule has 0 unspecified atom stereocenters. The van der Waals surface area contributed by atoms with E-state index >= 15 is 0 Å². The second-order valence-corrected chi connectivity index (χ2v) is 5.69. The molecule has 0 atom stereocenters. The lowest BCUT2D eigenvalue weighted by Crippen LogP contribution is -2.73. The summed E-state index contributed by atoms with van der Waals surface area (Å²) < 4.78 is 0. The van der Waals surface area contributed by atoms with Crippen LogP contribution in [0.15, 0.2) is 0 Å². The van der Waals surface area contributed by atoms with Crippen LogP contribution in [0.3, 0.4) is 0 Å². The molecule has 0 amide bonds. The van der Waals surface area contributed by atoms with Crippen LogP contribution in [0.1, 0.15) is 40.0 Å². The van der Waals surface area contributed by atoms with Crippen molar-refractivity contribution in [2.75, 3.05) is 19.6 Å². The maximum atomic E-state index is 3.69. The van der Waals surface area contributed by atoms with Gasteiger partial charge in [-0.2, -0.15) is 0 Å². The molecule has 2 fully saturated rings. The number of rotatable bonds is 0. The molecular weight excluding hydrogens is 160 g/mol. The fraction of sp³-hybridized carbons (Fsp3) is 1.00. The Hall–Kier alpha value is -0.0800. The normalized spacial score (nSPS) is 28.8. The molecule has 0 aromatic rings. The van der Waals surface area contributed by atoms with E-state index in [-0.39, 0.29) is 0 Å². The Bertz CT molecular complexity index is 179. The van der Waals surface area contributed by atoms with Crippen LogP contribution in [0.4, 0.5) is 0 Å². The van der Waals surface area contributed by atoms with Crippen molar-refractivity contribution in [1.82, 2.24) is 10.2 Å². The third kappa shape index (κ3) is 1.75. The van der Waals surface area contributed by atoms with Gasteiger partial charge in [-0.15, -0.1) is 0 Å². The van der Waals surface area contributed by atoms with Gasteiger partial charge in [0.15, 0.2) is 0 Å². The third-order valence-corrected chi connectivity index (χ3v) is 3.52. The molecule has 0 aliphatic carbocycles. The van der Waals surface area contributed by atoms with Gasteiger partial charge in [0.25, 0.3) is 0 Å². The lowest BCUT2D eigenvalue weighted by atomic mass is 9.79. The van der Waals surface area contributed by atoms with Crippen LogP contribution in [-0.2, 0) is 0 Å². The van der Waals surface area contributed by atoms with Crippen molar-refractivity contribution in [3.63, 3.8) is 0 Å². The highest BCUT2D eigenvalue weighted by atomic mass is 15.3. The highest BCUT2D eigenvalue weighted by molar-refractivity contribution is 5.06. The Kier molecular flexibility index (Phi) is 2.16. The fourth-order valence-corrected chi connectivity index (χ4v) is 2.46. The summed E-state index contributed by atoms with van der Waals surface area (Å²) >= 11 is 0. The van der Waals surface area contributed by atoms with Gasteiger partial charge in [-0.3, -0.25) is 4.90 Å². The van der Waals surface area contributed by atoms with E-state index < -0.39 is 0 Å². The number of hydrogen-bond donors (Lipinski definition) is 1. The van der Waals surface area contributed by atoms with Crippen molar-refractivity contribution < 1.29 is 0 Å². The zero-order valence-corrected chi connectivity index (χ0v) is 9.19. The molecule has 1 N–H and O–H groups in total. The smallest absolute Gasteiger partial charge is 0.0437 e. The molecule has 13 heavy (non-hydrogen) atoms. The van der Waals surface area contributed by atoms with Crippen LogP contribution >= 0.6 is 0 Å². The zero-order chi connectivity index (χ0) is 9.53. The van der Waals surface area contributed by atoms with Crippen molar-refractivity contribution in [1.29, 1.82) is 0 Å². The Labute approximate surface area is 81.7 Å². The molecule has 0 bridgehead atoms. The lowest BCUT2D eigenvalue weighted by Gasteiger charge is -2.57. The Morgan fingerprint density at radius 2 is 1.85 bits per heavy atom. The van der Waals surface area contributed by atoms with Gasteiger partial charge < -0.3 is 5.32 Å². The van der Waals surface area contributed by atoms with Gasteiger partial charge in [0, 0.05) is 24.2 Å². The molecule has 2 heteroatoms. The van der Waals surface area contributed by atoms with E-state index in [1.165, 1.54) is 38.9 Å². The first-order valence-electron chi connectivity index (χ1n) is 5.52. The van der Waals surface area contributed by atoms with Crippen molar-refractivity contribution in [2.45, 2.75) is 51.1 Å². The second-order valence-electron chi connectivity index (χ2n) is 5.69. The van der Waals surface area contributed by atoms with Gasteiger partial charge in [0.1, 0.15) is 0 Å². The molecule has 0 aromatic heterocycles. The highest BCUT2D eigenvalue weighted by Crippen LogP contribution is 2.33. The fourth-order valence-electron chi connectivity index (χ4n) is 2.46. The minimum absolute atomic E-state index is 0.365. The van der Waals surface area contributed by atoms with Gasteiger partial charge in [0.05, 0.1) is 0 Å². The van der Waals surface area contributed by atoms with E-state index in [0.29, 0.717) is 11.1 Å². The molecule has 2 rings (SSSR count). The summed E-state index contributed by atoms with van der Waals surface area (Å²) in [6, 6.07) is 0. The van der Waals surface area contributed by atoms with E-state index in [9.17, 15) is 0 Å². The average Bonchev–Trinajstić information content (AvgIpc) is 2.00. The molecular formula is C11H22N2. The van der Waals surface area contributed by atoms with Gasteiger partial charge in [-0.1, -0.05) is 6.42 Å². The molecule has 0 radical (unpaired) electrons. The maximum Gasteiger partial charge on any atom is 0.0437 e. The quantitative estimate of drug-likeness (QED) is 0.612. The van der Waals surface area contributed by atoms with Crippen LogP contribution < -0.4 is 5.32 Å². The number of nitrogens with one attached hydrogen (secondary N) is 1. The predicted molar refractivity (Wildman–Crippen MR) is 55.9 cm³/mol. The molecule has 0 saturated carbocycles. The maximum absolute atomic E-state index is 3.69. The molecule has 1 spiro atoms. The van der Waals surface area contributed by atoms with E-state index in [1.807, 2.05) is 0 Å². The monoisotopic (exact) mass is 182 g/mol. The Morgan fingerprint density at radius 1 is 1.15 bits per heavy atom. The zero-order valence-electron chi connectivity index (χ0n) is 9.19. The SMILES string of the molecule is CC(C)(C)N1CC2(CCCCN2)C1. The molecule has 2 heterocycles. The van der Waals surface area contributed by atoms with Crippen LogP contribution in [0.2, 0.25) is 0 Å². The minimum Gasteiger partial charge on any atom is -0.309 e. The summed E-state index contributed by atoms with van der Waals surface area (Å²) in [6.07, 6.45) is 4.18. The summed E-state index contributed by atoms with van der Waals surface area (Å²) in [5, 5.41) is 3.69. The Morgan fingerprint density at radius 3 is 2.31 bits per heavy atom. The van der Waals surface area contributed by atoms with Gasteiger partial charge in [-0.05, 0) is 40.2 Å². The van der Waals surface area contributed by atoms with Gasteiger partial charge >= 0.3 is 0 Å². The lowest BCUT2D eigenvalue weighted by molar-refractivity contribution is -0.0376. The number of piperidine rings is 1. The van der Waals surface area contributed by atoms with Crippen LogP contribution in [-0.4, -0.2) is 35.6 Å². The van der Waals surface area contributed by atoms with Gasteiger partial charge in [-0.25, -0.2) is 0 Å². The summed E-state index contributed by atoms with van der Waals surface area (Å²) in [5.74, 6) is 0. The minimum atomic E-state index is 0.365. The molecule has 76 valence electrons. The van der Waals surface area contributed by atoms with Crippen molar-refractivity contribution >= 4 is 0 Å². The molecule has 2 aliphatic rings. The first kappa shape index (κ1) is 9.47. The van der Waals surface area contributed by atoms with Crippen molar-refractivity contribution in [3.05, 3.63) is 0 Å². The first-order chi connectivity index (χ1) is 6.02. The third-order valence-electron chi connectivity index (χ3n) is 3.52. The summed E-state index contributed by atoms with van der Waals surface area (Å²) in [5.41, 5.74) is 0.871. The number of likely N-dealkylation sites (tertiary alicyclic amines) is 1. The summed E-state index contributed by atoms with van der Waals surface area (Å²) in [6.45, 7) is 10.7. The molecule has 2 aliphatic heterocycles. The molecule has 0 aromatic carbocycles. The molecule has 2 saturated heterocycles. The second kappa shape index (κ2) is 2.96. The average molecular weight is 182 g/mol. The number of hydrogen-bond acceptors (Lipinski definition) is 2. The highest BCUT2D eigenvalue weighted by Gasteiger charge is 2.46. The molecule has 2 nitrogen and oxygen atoms in total. The summed E-state index contributed by atoms with van der Waals surface area (Å²) in [7, 11) is 0. The predicted octanol–water partition coefficient (Wildman–Crippen LogP) is 1.61. The Balaban J connectivity index is 1.88. The van der Waals surface area contributed by atoms with E-state index in [2.05, 4.69) is 31.0 Å². The van der Waals surface area contributed by atoms with Crippen molar-refractivity contribution in [3.8, 4) is 0 Å². The van der Waals surface area contributed by atoms with Crippen LogP contribution in [0.25, 0.3) is 0 Å². The van der Waals surface area contributed by atoms with E-state index in [4.69, 9.17) is 0 Å². The number of nitrogens with zero attached hydrogens (tertiary/aromatic N) is 1. The van der Waals surface area contributed by atoms with Crippen molar-refractivity contribution in [2.24, 2.45) is 0 Å². The first-order valence-corrected chi connectivity index (χ1v) is 5.52. The largest absolute Gasteiger partial charge is 0.309 e. The topological polar surface area (TPSA) is 15.3 Å². The summed E-state index contributed by atoms with van der Waals surface area (Å²) in [4.78, 5) is 2.57. The standard InChI is InChI=1S/C11H22N2/c1-10(2,3)13-8-11(9-13)6-4-5-7-12-11/h12H,4-9H2,1-3H3. The van der Waals surface area contributed by atoms with E-state index in [0.717, 1.165) is 0 Å².